The van der Waals surface area contributed by atoms with Crippen LogP contribution < -0.4 is 5.32 Å². The highest BCUT2D eigenvalue weighted by molar-refractivity contribution is 7.89. The molecule has 0 atom stereocenters. The van der Waals surface area contributed by atoms with Crippen molar-refractivity contribution in [3.63, 3.8) is 0 Å². The van der Waals surface area contributed by atoms with Gasteiger partial charge in [-0.05, 0) is 49.9 Å². The molecule has 0 bridgehead atoms. The van der Waals surface area contributed by atoms with Crippen LogP contribution in [0.3, 0.4) is 0 Å². The smallest absolute Gasteiger partial charge is 0.251 e. The second-order valence-electron chi connectivity index (χ2n) is 7.99. The Morgan fingerprint density at radius 3 is 1.93 bits per heavy atom. The van der Waals surface area contributed by atoms with E-state index in [1.807, 2.05) is 4.31 Å². The molecule has 0 aromatic heterocycles. The molecule has 2 aliphatic carbocycles. The molecule has 2 saturated carbocycles. The number of rotatable bonds is 7. The molecule has 1 N–H and O–H groups in total. The van der Waals surface area contributed by atoms with Crippen LogP contribution in [0.2, 0.25) is 0 Å². The van der Waals surface area contributed by atoms with Gasteiger partial charge < -0.3 is 5.32 Å². The Balaban J connectivity index is 1.63. The van der Waals surface area contributed by atoms with Gasteiger partial charge in [0.05, 0.1) is 5.75 Å². The lowest BCUT2D eigenvalue weighted by Crippen LogP contribution is -2.50. The van der Waals surface area contributed by atoms with E-state index in [1.54, 1.807) is 0 Å². The largest absolute Gasteiger partial charge is 0.351 e. The van der Waals surface area contributed by atoms with Crippen LogP contribution >= 0.6 is 0 Å². The average molecular weight is 411 g/mol. The number of benzene rings is 1. The molecule has 0 heterocycles. The lowest BCUT2D eigenvalue weighted by atomic mass is 9.91. The summed E-state index contributed by atoms with van der Waals surface area (Å²) in [5, 5.41) is 2.67. The number of hydrogen-bond acceptors (Lipinski definition) is 3. The van der Waals surface area contributed by atoms with Crippen LogP contribution in [0.5, 0.6) is 0 Å². The average Bonchev–Trinajstić information content (AvgIpc) is 2.70. The zero-order valence-electron chi connectivity index (χ0n) is 16.4. The van der Waals surface area contributed by atoms with E-state index in [9.17, 15) is 17.6 Å². The van der Waals surface area contributed by atoms with Crippen LogP contribution in [0.15, 0.2) is 24.3 Å². The number of hydrogen-bond donors (Lipinski definition) is 1. The monoisotopic (exact) mass is 410 g/mol. The van der Waals surface area contributed by atoms with E-state index in [2.05, 4.69) is 5.32 Å². The Bertz CT molecular complexity index is 721. The van der Waals surface area contributed by atoms with Crippen molar-refractivity contribution in [2.24, 2.45) is 0 Å². The van der Waals surface area contributed by atoms with E-state index < -0.39 is 15.8 Å². The van der Waals surface area contributed by atoms with Crippen molar-refractivity contribution in [1.29, 1.82) is 0 Å². The van der Waals surface area contributed by atoms with Crippen molar-refractivity contribution >= 4 is 15.9 Å². The summed E-state index contributed by atoms with van der Waals surface area (Å²) in [6.07, 6.45) is 10.5. The summed E-state index contributed by atoms with van der Waals surface area (Å²) < 4.78 is 41.2. The number of nitrogens with one attached hydrogen (secondary N) is 1. The first-order valence-corrected chi connectivity index (χ1v) is 12.1. The zero-order valence-corrected chi connectivity index (χ0v) is 17.2. The first kappa shape index (κ1) is 21.2. The van der Waals surface area contributed by atoms with E-state index in [0.29, 0.717) is 5.56 Å². The molecular weight excluding hydrogens is 379 g/mol. The molecule has 1 amide bonds. The van der Waals surface area contributed by atoms with Gasteiger partial charge in [0.2, 0.25) is 10.0 Å². The maximum atomic E-state index is 13.2. The van der Waals surface area contributed by atoms with Gasteiger partial charge in [-0.1, -0.05) is 38.5 Å². The fourth-order valence-corrected chi connectivity index (χ4v) is 6.43. The number of amides is 1. The van der Waals surface area contributed by atoms with E-state index >= 15 is 0 Å². The molecule has 0 saturated heterocycles. The van der Waals surface area contributed by atoms with Crippen LogP contribution in [0, 0.1) is 5.82 Å². The van der Waals surface area contributed by atoms with Crippen LogP contribution in [0.1, 0.15) is 74.6 Å². The number of carbonyl (C=O) groups is 1. The summed E-state index contributed by atoms with van der Waals surface area (Å²) in [7, 11) is -3.45. The third kappa shape index (κ3) is 5.54. The molecule has 28 heavy (non-hydrogen) atoms. The minimum Gasteiger partial charge on any atom is -0.351 e. The Morgan fingerprint density at radius 1 is 0.929 bits per heavy atom. The summed E-state index contributed by atoms with van der Waals surface area (Å²) in [6, 6.07) is 5.45. The lowest BCUT2D eigenvalue weighted by molar-refractivity contribution is 0.0956. The van der Waals surface area contributed by atoms with Crippen LogP contribution in [0.25, 0.3) is 0 Å². The number of sulfonamides is 1. The third-order valence-electron chi connectivity index (χ3n) is 5.94. The topological polar surface area (TPSA) is 66.5 Å². The molecular formula is C21H31FN2O3S. The summed E-state index contributed by atoms with van der Waals surface area (Å²) in [5.74, 6) is -0.876. The maximum absolute atomic E-state index is 13.2. The van der Waals surface area contributed by atoms with Gasteiger partial charge in [-0.25, -0.2) is 12.8 Å². The molecule has 7 heteroatoms. The molecule has 156 valence electrons. The van der Waals surface area contributed by atoms with E-state index in [-0.39, 0.29) is 30.3 Å². The summed E-state index contributed by atoms with van der Waals surface area (Å²) in [6.45, 7) is 0.0640. The van der Waals surface area contributed by atoms with Crippen LogP contribution in [-0.4, -0.2) is 43.0 Å². The van der Waals surface area contributed by atoms with Gasteiger partial charge in [0.15, 0.2) is 0 Å². The zero-order chi connectivity index (χ0) is 20.0. The van der Waals surface area contributed by atoms with Gasteiger partial charge in [0.25, 0.3) is 5.91 Å². The van der Waals surface area contributed by atoms with E-state index in [0.717, 1.165) is 51.4 Å². The second kappa shape index (κ2) is 9.83. The standard InChI is InChI=1S/C21H31FN2O3S/c22-18-13-11-17(12-14-18)21(25)23-15-16-28(26,27)24(19-7-3-1-4-8-19)20-9-5-2-6-10-20/h11-14,19-20H,1-10,15-16H2,(H,23,25). The van der Waals surface area contributed by atoms with Gasteiger partial charge in [0.1, 0.15) is 5.82 Å². The van der Waals surface area contributed by atoms with Gasteiger partial charge in [-0.15, -0.1) is 0 Å². The molecule has 2 aliphatic rings. The molecule has 0 aliphatic heterocycles. The Kier molecular flexibility index (Phi) is 7.46. The summed E-state index contributed by atoms with van der Waals surface area (Å²) >= 11 is 0. The van der Waals surface area contributed by atoms with Gasteiger partial charge in [-0.2, -0.15) is 4.31 Å². The van der Waals surface area contributed by atoms with Crippen molar-refractivity contribution in [3.05, 3.63) is 35.6 Å². The minimum atomic E-state index is -3.45. The Labute approximate surface area is 167 Å². The molecule has 5 nitrogen and oxygen atoms in total. The van der Waals surface area contributed by atoms with Gasteiger partial charge in [0, 0.05) is 24.2 Å². The van der Waals surface area contributed by atoms with Crippen LogP contribution in [-0.2, 0) is 10.0 Å². The minimum absolute atomic E-state index is 0.0640. The van der Waals surface area contributed by atoms with Crippen molar-refractivity contribution in [1.82, 2.24) is 9.62 Å². The third-order valence-corrected chi connectivity index (χ3v) is 7.90. The van der Waals surface area contributed by atoms with Gasteiger partial charge >= 0.3 is 0 Å². The lowest BCUT2D eigenvalue weighted by Gasteiger charge is -2.40. The number of halogens is 1. The van der Waals surface area contributed by atoms with E-state index in [4.69, 9.17) is 0 Å². The summed E-state index contributed by atoms with van der Waals surface area (Å²) in [5.41, 5.74) is 0.329. The highest BCUT2D eigenvalue weighted by Gasteiger charge is 2.36. The Morgan fingerprint density at radius 2 is 1.43 bits per heavy atom. The SMILES string of the molecule is O=C(NCCS(=O)(=O)N(C1CCCCC1)C1CCCCC1)c1ccc(F)cc1. The first-order chi connectivity index (χ1) is 13.5. The molecule has 1 aromatic rings. The van der Waals surface area contributed by atoms with E-state index in [1.165, 1.54) is 37.1 Å². The fraction of sp³-hybridized carbons (Fsp3) is 0.667. The second-order valence-corrected chi connectivity index (χ2v) is 9.99. The molecule has 0 unspecified atom stereocenters. The first-order valence-electron chi connectivity index (χ1n) is 10.5. The van der Waals surface area contributed by atoms with Crippen molar-refractivity contribution in [2.45, 2.75) is 76.3 Å². The fourth-order valence-electron chi connectivity index (χ4n) is 4.53. The number of nitrogens with zero attached hydrogens (tertiary/aromatic N) is 1. The highest BCUT2D eigenvalue weighted by Crippen LogP contribution is 2.32. The van der Waals surface area contributed by atoms with Crippen molar-refractivity contribution < 1.29 is 17.6 Å². The quantitative estimate of drug-likeness (QED) is 0.742. The van der Waals surface area contributed by atoms with Crippen molar-refractivity contribution in [3.8, 4) is 0 Å². The molecule has 0 radical (unpaired) electrons. The van der Waals surface area contributed by atoms with Gasteiger partial charge in [-0.3, -0.25) is 4.79 Å². The molecule has 0 spiro atoms. The highest BCUT2D eigenvalue weighted by atomic mass is 32.2. The molecule has 2 fully saturated rings. The maximum Gasteiger partial charge on any atom is 0.251 e. The predicted octanol–water partition coefficient (Wildman–Crippen LogP) is 3.85. The predicted molar refractivity (Wildman–Crippen MR) is 108 cm³/mol. The number of carbonyl (C=O) groups excluding carboxylic acids is 1. The molecule has 1 aromatic carbocycles. The summed E-state index contributed by atoms with van der Waals surface area (Å²) in [4.78, 5) is 12.2. The van der Waals surface area contributed by atoms with Crippen molar-refractivity contribution in [2.75, 3.05) is 12.3 Å². The van der Waals surface area contributed by atoms with Crippen LogP contribution in [0.4, 0.5) is 4.39 Å². The molecule has 3 rings (SSSR count). The Hall–Kier alpha value is -1.47. The normalized spacial score (nSPS) is 19.6.